The maximum Gasteiger partial charge on any atom is 0.242 e. The number of primary sulfonamides is 1. The Morgan fingerprint density at radius 2 is 1.96 bits per heavy atom. The van der Waals surface area contributed by atoms with Crippen LogP contribution in [0.25, 0.3) is 16.8 Å². The summed E-state index contributed by atoms with van der Waals surface area (Å²) in [7, 11) is -4.14. The van der Waals surface area contributed by atoms with Crippen molar-refractivity contribution in [2.45, 2.75) is 4.90 Å². The van der Waals surface area contributed by atoms with Crippen LogP contribution in [0.4, 0.5) is 4.39 Å². The fraction of sp³-hybridized carbons (Fsp3) is 0. The highest BCUT2D eigenvalue weighted by atomic mass is 79.9. The first-order chi connectivity index (χ1) is 10.7. The average Bonchev–Trinajstić information content (AvgIpc) is 2.80. The molecule has 0 fully saturated rings. The van der Waals surface area contributed by atoms with Crippen LogP contribution in [0.15, 0.2) is 39.8 Å². The molecule has 0 unspecified atom stereocenters. The van der Waals surface area contributed by atoms with Gasteiger partial charge >= 0.3 is 0 Å². The minimum absolute atomic E-state index is 0.0498. The van der Waals surface area contributed by atoms with Gasteiger partial charge in [0.25, 0.3) is 0 Å². The number of hydrogen-bond donors (Lipinski definition) is 1. The van der Waals surface area contributed by atoms with Crippen molar-refractivity contribution in [3.05, 3.63) is 50.8 Å². The third-order valence-electron chi connectivity index (χ3n) is 3.10. The molecule has 0 amide bonds. The summed E-state index contributed by atoms with van der Waals surface area (Å²) in [5.41, 5.74) is 0.272. The van der Waals surface area contributed by atoms with E-state index < -0.39 is 15.8 Å². The number of rotatable bonds is 2. The number of halogens is 4. The number of sulfonamides is 1. The normalized spacial score (nSPS) is 12.0. The molecular weight excluding hydrogens is 432 g/mol. The first-order valence-corrected chi connectivity index (χ1v) is 9.13. The van der Waals surface area contributed by atoms with Crippen LogP contribution in [0.1, 0.15) is 0 Å². The highest BCUT2D eigenvalue weighted by molar-refractivity contribution is 9.10. The second-order valence-electron chi connectivity index (χ2n) is 4.65. The van der Waals surface area contributed by atoms with Gasteiger partial charge in [-0.2, -0.15) is 5.10 Å². The number of aromatic nitrogens is 2. The Kier molecular flexibility index (Phi) is 4.14. The van der Waals surface area contributed by atoms with E-state index in [0.717, 1.165) is 6.07 Å². The molecular formula is C13H7BrCl2FN3O2S. The van der Waals surface area contributed by atoms with Crippen LogP contribution < -0.4 is 5.14 Å². The van der Waals surface area contributed by atoms with Gasteiger partial charge in [0.1, 0.15) is 16.4 Å². The zero-order valence-electron chi connectivity index (χ0n) is 11.1. The molecule has 3 rings (SSSR count). The number of fused-ring (bicyclic) bond motifs is 1. The van der Waals surface area contributed by atoms with E-state index in [1.54, 1.807) is 0 Å². The highest BCUT2D eigenvalue weighted by Gasteiger charge is 2.25. The van der Waals surface area contributed by atoms with Crippen molar-refractivity contribution in [3.63, 3.8) is 0 Å². The molecule has 0 bridgehead atoms. The van der Waals surface area contributed by atoms with E-state index in [1.807, 2.05) is 0 Å². The van der Waals surface area contributed by atoms with Gasteiger partial charge in [-0.05, 0) is 40.2 Å². The van der Waals surface area contributed by atoms with Gasteiger partial charge in [0.05, 0.1) is 20.0 Å². The summed E-state index contributed by atoms with van der Waals surface area (Å²) in [5, 5.41) is 9.92. The van der Waals surface area contributed by atoms with Gasteiger partial charge in [-0.1, -0.05) is 23.2 Å². The Morgan fingerprint density at radius 3 is 2.61 bits per heavy atom. The molecule has 3 aromatic rings. The standard InChI is InChI=1S/C13H7BrCl2FN3O2S/c14-8-4-9(16)7(3-10(8)17)12-13(23(18,21)22)11-2-1-6(15)5-20(11)19-12/h1-5H,(H2,18,21,22). The van der Waals surface area contributed by atoms with Crippen LogP contribution in [0.5, 0.6) is 0 Å². The van der Waals surface area contributed by atoms with E-state index in [-0.39, 0.29) is 31.2 Å². The second kappa shape index (κ2) is 5.71. The third kappa shape index (κ3) is 2.97. The van der Waals surface area contributed by atoms with E-state index in [1.165, 1.54) is 28.9 Å². The lowest BCUT2D eigenvalue weighted by Gasteiger charge is -2.05. The molecule has 0 saturated heterocycles. The summed E-state index contributed by atoms with van der Waals surface area (Å²) < 4.78 is 39.2. The van der Waals surface area contributed by atoms with Crippen LogP contribution in [0.2, 0.25) is 10.0 Å². The SMILES string of the molecule is NS(=O)(=O)c1c(-c2cc(F)c(Br)cc2Cl)nn2cc(Cl)ccc12. The summed E-state index contributed by atoms with van der Waals surface area (Å²) in [6.45, 7) is 0. The van der Waals surface area contributed by atoms with Crippen molar-refractivity contribution in [1.29, 1.82) is 0 Å². The predicted octanol–water partition coefficient (Wildman–Crippen LogP) is 3.86. The Bertz CT molecular complexity index is 1050. The van der Waals surface area contributed by atoms with Gasteiger partial charge in [-0.15, -0.1) is 0 Å². The molecule has 10 heteroatoms. The van der Waals surface area contributed by atoms with E-state index in [4.69, 9.17) is 28.3 Å². The predicted molar refractivity (Wildman–Crippen MR) is 89.7 cm³/mol. The third-order valence-corrected chi connectivity index (χ3v) is 5.21. The summed E-state index contributed by atoms with van der Waals surface area (Å²) in [5.74, 6) is -0.611. The Balaban J connectivity index is 2.45. The molecule has 1 aromatic carbocycles. The van der Waals surface area contributed by atoms with Crippen LogP contribution in [0, 0.1) is 5.82 Å². The molecule has 2 aromatic heterocycles. The Hall–Kier alpha value is -1.19. The topological polar surface area (TPSA) is 77.5 Å². The fourth-order valence-electron chi connectivity index (χ4n) is 2.16. The monoisotopic (exact) mass is 437 g/mol. The van der Waals surface area contributed by atoms with E-state index >= 15 is 0 Å². The minimum atomic E-state index is -4.14. The average molecular weight is 439 g/mol. The summed E-state index contributed by atoms with van der Waals surface area (Å²) >= 11 is 15.0. The molecule has 2 N–H and O–H groups in total. The lowest BCUT2D eigenvalue weighted by atomic mass is 10.1. The van der Waals surface area contributed by atoms with Crippen molar-refractivity contribution < 1.29 is 12.8 Å². The lowest BCUT2D eigenvalue weighted by Crippen LogP contribution is -2.13. The van der Waals surface area contributed by atoms with Gasteiger partial charge in [-0.3, -0.25) is 0 Å². The summed E-state index contributed by atoms with van der Waals surface area (Å²) in [6, 6.07) is 5.36. The van der Waals surface area contributed by atoms with Crippen molar-refractivity contribution in [3.8, 4) is 11.3 Å². The molecule has 0 aliphatic carbocycles. The zero-order valence-corrected chi connectivity index (χ0v) is 15.0. The van der Waals surface area contributed by atoms with Gasteiger partial charge in [0, 0.05) is 11.8 Å². The number of pyridine rings is 1. The maximum atomic E-state index is 13.9. The molecule has 0 spiro atoms. The smallest absolute Gasteiger partial charge is 0.237 e. The van der Waals surface area contributed by atoms with Gasteiger partial charge in [-0.25, -0.2) is 22.5 Å². The van der Waals surface area contributed by atoms with Crippen LogP contribution in [0.3, 0.4) is 0 Å². The molecule has 23 heavy (non-hydrogen) atoms. The van der Waals surface area contributed by atoms with E-state index in [0.29, 0.717) is 5.02 Å². The van der Waals surface area contributed by atoms with Crippen LogP contribution in [-0.4, -0.2) is 18.0 Å². The number of nitrogens with zero attached hydrogens (tertiary/aromatic N) is 2. The maximum absolute atomic E-state index is 13.9. The van der Waals surface area contributed by atoms with Gasteiger partial charge in [0.15, 0.2) is 0 Å². The van der Waals surface area contributed by atoms with Crippen LogP contribution in [-0.2, 0) is 10.0 Å². The first-order valence-electron chi connectivity index (χ1n) is 6.04. The van der Waals surface area contributed by atoms with Crippen molar-refractivity contribution >= 4 is 54.7 Å². The van der Waals surface area contributed by atoms with E-state index in [9.17, 15) is 12.8 Å². The van der Waals surface area contributed by atoms with Gasteiger partial charge < -0.3 is 0 Å². The summed E-state index contributed by atoms with van der Waals surface area (Å²) in [4.78, 5) is -0.252. The molecule has 0 radical (unpaired) electrons. The molecule has 0 atom stereocenters. The summed E-state index contributed by atoms with van der Waals surface area (Å²) in [6.07, 6.45) is 1.41. The molecule has 120 valence electrons. The van der Waals surface area contributed by atoms with Crippen molar-refractivity contribution in [1.82, 2.24) is 9.61 Å². The molecule has 0 aliphatic heterocycles. The van der Waals surface area contributed by atoms with Crippen molar-refractivity contribution in [2.24, 2.45) is 5.14 Å². The van der Waals surface area contributed by atoms with Crippen molar-refractivity contribution in [2.75, 3.05) is 0 Å². The minimum Gasteiger partial charge on any atom is -0.237 e. The fourth-order valence-corrected chi connectivity index (χ4v) is 3.92. The number of nitrogens with two attached hydrogens (primary N) is 1. The quantitative estimate of drug-likeness (QED) is 0.617. The largest absolute Gasteiger partial charge is 0.242 e. The second-order valence-corrected chi connectivity index (χ2v) is 7.84. The molecule has 0 aliphatic rings. The Labute approximate surface area is 149 Å². The highest BCUT2D eigenvalue weighted by Crippen LogP contribution is 2.36. The molecule has 2 heterocycles. The lowest BCUT2D eigenvalue weighted by molar-refractivity contribution is 0.598. The Morgan fingerprint density at radius 1 is 1.26 bits per heavy atom. The zero-order chi connectivity index (χ0) is 16.9. The van der Waals surface area contributed by atoms with E-state index in [2.05, 4.69) is 21.0 Å². The van der Waals surface area contributed by atoms with Gasteiger partial charge in [0.2, 0.25) is 10.0 Å². The van der Waals surface area contributed by atoms with Crippen LogP contribution >= 0.6 is 39.1 Å². The molecule has 0 saturated carbocycles. The number of benzene rings is 1. The first kappa shape index (κ1) is 16.7. The number of hydrogen-bond acceptors (Lipinski definition) is 3. The molecule has 5 nitrogen and oxygen atoms in total.